The summed E-state index contributed by atoms with van der Waals surface area (Å²) in [6, 6.07) is 14.8. The summed E-state index contributed by atoms with van der Waals surface area (Å²) >= 11 is 0. The summed E-state index contributed by atoms with van der Waals surface area (Å²) < 4.78 is 15.3. The van der Waals surface area contributed by atoms with E-state index in [1.54, 1.807) is 0 Å². The van der Waals surface area contributed by atoms with Crippen molar-refractivity contribution in [3.05, 3.63) is 83.1 Å². The van der Waals surface area contributed by atoms with Gasteiger partial charge in [-0.3, -0.25) is 9.69 Å². The molecular weight excluding hydrogens is 391 g/mol. The predicted molar refractivity (Wildman–Crippen MR) is 119 cm³/mol. The number of quaternary nitrogens is 1. The van der Waals surface area contributed by atoms with E-state index in [1.165, 1.54) is 17.0 Å². The van der Waals surface area contributed by atoms with E-state index in [0.29, 0.717) is 6.54 Å². The van der Waals surface area contributed by atoms with Crippen LogP contribution in [0.3, 0.4) is 0 Å². The van der Waals surface area contributed by atoms with Gasteiger partial charge in [-0.1, -0.05) is 18.2 Å². The van der Waals surface area contributed by atoms with Gasteiger partial charge in [-0.25, -0.2) is 9.37 Å². The van der Waals surface area contributed by atoms with Gasteiger partial charge in [0.1, 0.15) is 38.5 Å². The number of aryl methyl sites for hydroxylation is 2. The number of aromatic nitrogens is 2. The van der Waals surface area contributed by atoms with Crippen LogP contribution in [0, 0.1) is 19.7 Å². The third-order valence-electron chi connectivity index (χ3n) is 6.33. The minimum atomic E-state index is -0.213. The number of hydrogen-bond acceptors (Lipinski definition) is 2. The maximum atomic E-state index is 13.1. The summed E-state index contributed by atoms with van der Waals surface area (Å²) in [4.78, 5) is 20.0. The van der Waals surface area contributed by atoms with Gasteiger partial charge in [-0.2, -0.15) is 0 Å². The number of anilines is 1. The molecule has 2 aromatic heterocycles. The van der Waals surface area contributed by atoms with Crippen LogP contribution in [0.1, 0.15) is 27.3 Å². The summed E-state index contributed by atoms with van der Waals surface area (Å²) in [7, 11) is 0. The van der Waals surface area contributed by atoms with Crippen LogP contribution in [-0.4, -0.2) is 43.1 Å². The molecule has 0 aliphatic carbocycles. The molecule has 1 saturated heterocycles. The van der Waals surface area contributed by atoms with Crippen molar-refractivity contribution in [2.75, 3.05) is 37.6 Å². The van der Waals surface area contributed by atoms with Crippen LogP contribution >= 0.6 is 0 Å². The van der Waals surface area contributed by atoms with Gasteiger partial charge in [-0.05, 0) is 50.1 Å². The predicted octanol–water partition coefficient (Wildman–Crippen LogP) is 1.89. The highest BCUT2D eigenvalue weighted by Gasteiger charge is 2.28. The molecule has 31 heavy (non-hydrogen) atoms. The number of Topliss-reactive ketones (excluding diaryl/α,β-unsaturated/α-hetero) is 1. The number of H-pyrrole nitrogens is 1. The van der Waals surface area contributed by atoms with Crippen molar-refractivity contribution in [3.63, 3.8) is 0 Å². The highest BCUT2D eigenvalue weighted by atomic mass is 19.1. The van der Waals surface area contributed by atoms with Gasteiger partial charge in [-0.15, -0.1) is 0 Å². The molecule has 0 radical (unpaired) electrons. The first-order chi connectivity index (χ1) is 15.0. The van der Waals surface area contributed by atoms with Gasteiger partial charge in [0, 0.05) is 29.6 Å². The van der Waals surface area contributed by atoms with E-state index in [2.05, 4.69) is 27.4 Å². The summed E-state index contributed by atoms with van der Waals surface area (Å²) in [5, 5.41) is 0. The van der Waals surface area contributed by atoms with E-state index in [0.717, 1.165) is 67.5 Å². The van der Waals surface area contributed by atoms with E-state index in [1.807, 2.05) is 43.5 Å². The molecule has 2 N–H and O–H groups in total. The fourth-order valence-corrected chi connectivity index (χ4v) is 4.46. The zero-order valence-corrected chi connectivity index (χ0v) is 18.3. The van der Waals surface area contributed by atoms with Crippen molar-refractivity contribution >= 4 is 11.6 Å². The maximum absolute atomic E-state index is 13.1. The zero-order chi connectivity index (χ0) is 21.8. The number of carbonyl (C=O) groups excluding carboxylic acids is 1. The summed E-state index contributed by atoms with van der Waals surface area (Å²) in [5.41, 5.74) is 4.06. The lowest BCUT2D eigenvalue weighted by Gasteiger charge is -2.27. The Morgan fingerprint density at radius 2 is 1.84 bits per heavy atom. The Morgan fingerprint density at radius 1 is 1.10 bits per heavy atom. The van der Waals surface area contributed by atoms with E-state index in [4.69, 9.17) is 0 Å². The Balaban J connectivity index is 1.35. The fourth-order valence-electron chi connectivity index (χ4n) is 4.46. The topological polar surface area (TPSA) is 43.8 Å². The lowest BCUT2D eigenvalue weighted by atomic mass is 10.1. The Labute approximate surface area is 183 Å². The standard InChI is InChI=1S/C25H29FN4O/c1-19-17-23(20(2)30(19)12-10-21-6-8-22(26)9-7-21)24(31)18-28-13-15-29(16-14-28)25-5-3-4-11-27-25/h3-9,11,17H,10,12-16,18H2,1-2H3/p+2. The average molecular weight is 423 g/mol. The SMILES string of the molecule is Cc1cc(C(=O)C[NH+]2CCN(c3cccc[nH+]3)CC2)c(C)n1CCc1ccc(F)cc1. The maximum Gasteiger partial charge on any atom is 0.274 e. The number of piperazine rings is 1. The molecule has 3 aromatic rings. The highest BCUT2D eigenvalue weighted by Crippen LogP contribution is 2.17. The molecule has 0 amide bonds. The number of halogens is 1. The van der Waals surface area contributed by atoms with E-state index in [-0.39, 0.29) is 11.6 Å². The summed E-state index contributed by atoms with van der Waals surface area (Å²) in [5.74, 6) is 1.14. The lowest BCUT2D eigenvalue weighted by Crippen LogP contribution is -3.15. The molecule has 1 aliphatic rings. The van der Waals surface area contributed by atoms with Gasteiger partial charge in [0.15, 0.2) is 0 Å². The minimum absolute atomic E-state index is 0.213. The molecule has 3 heterocycles. The molecule has 0 unspecified atom stereocenters. The molecule has 5 nitrogen and oxygen atoms in total. The quantitative estimate of drug-likeness (QED) is 0.591. The molecule has 0 spiro atoms. The van der Waals surface area contributed by atoms with Gasteiger partial charge in [0.05, 0.1) is 6.20 Å². The molecular formula is C25H31FN4O+2. The van der Waals surface area contributed by atoms with Crippen LogP contribution in [0.25, 0.3) is 0 Å². The molecule has 1 aliphatic heterocycles. The van der Waals surface area contributed by atoms with Crippen LogP contribution in [0.15, 0.2) is 54.7 Å². The van der Waals surface area contributed by atoms with E-state index >= 15 is 0 Å². The van der Waals surface area contributed by atoms with Crippen molar-refractivity contribution in [1.29, 1.82) is 0 Å². The van der Waals surface area contributed by atoms with Crippen molar-refractivity contribution in [2.24, 2.45) is 0 Å². The van der Waals surface area contributed by atoms with Crippen LogP contribution in [0.5, 0.6) is 0 Å². The first kappa shape index (κ1) is 21.2. The van der Waals surface area contributed by atoms with E-state index < -0.39 is 0 Å². The highest BCUT2D eigenvalue weighted by molar-refractivity contribution is 5.98. The van der Waals surface area contributed by atoms with Crippen molar-refractivity contribution < 1.29 is 19.1 Å². The minimum Gasteiger partial charge on any atom is -0.348 e. The first-order valence-corrected chi connectivity index (χ1v) is 11.0. The van der Waals surface area contributed by atoms with Crippen LogP contribution in [0.4, 0.5) is 10.2 Å². The molecule has 1 fully saturated rings. The number of rotatable bonds is 7. The molecule has 1 aromatic carbocycles. The molecule has 162 valence electrons. The number of hydrogen-bond donors (Lipinski definition) is 1. The lowest BCUT2D eigenvalue weighted by molar-refractivity contribution is -0.892. The number of ketones is 1. The average Bonchev–Trinajstić information content (AvgIpc) is 3.08. The van der Waals surface area contributed by atoms with Crippen molar-refractivity contribution in [3.8, 4) is 0 Å². The van der Waals surface area contributed by atoms with Gasteiger partial charge < -0.3 is 9.47 Å². The second-order valence-corrected chi connectivity index (χ2v) is 8.40. The Morgan fingerprint density at radius 3 is 2.52 bits per heavy atom. The number of aromatic amines is 1. The second-order valence-electron chi connectivity index (χ2n) is 8.40. The molecule has 0 saturated carbocycles. The first-order valence-electron chi connectivity index (χ1n) is 11.0. The number of nitrogens with zero attached hydrogens (tertiary/aromatic N) is 2. The molecule has 0 atom stereocenters. The molecule has 6 heteroatoms. The summed E-state index contributed by atoms with van der Waals surface area (Å²) in [6.45, 7) is 9.21. The Kier molecular flexibility index (Phi) is 6.47. The van der Waals surface area contributed by atoms with Crippen molar-refractivity contribution in [2.45, 2.75) is 26.8 Å². The molecule has 0 bridgehead atoms. The van der Waals surface area contributed by atoms with Crippen LogP contribution in [0.2, 0.25) is 0 Å². The normalized spacial score (nSPS) is 14.7. The van der Waals surface area contributed by atoms with Crippen LogP contribution in [-0.2, 0) is 13.0 Å². The van der Waals surface area contributed by atoms with Crippen LogP contribution < -0.4 is 14.8 Å². The number of benzene rings is 1. The third kappa shape index (κ3) is 5.02. The summed E-state index contributed by atoms with van der Waals surface area (Å²) in [6.07, 6.45) is 2.76. The van der Waals surface area contributed by atoms with Crippen molar-refractivity contribution in [1.82, 2.24) is 4.57 Å². The largest absolute Gasteiger partial charge is 0.348 e. The fraction of sp³-hybridized carbons (Fsp3) is 0.360. The monoisotopic (exact) mass is 422 g/mol. The number of nitrogens with one attached hydrogen (secondary N) is 2. The van der Waals surface area contributed by atoms with Gasteiger partial charge >= 0.3 is 0 Å². The zero-order valence-electron chi connectivity index (χ0n) is 18.3. The number of pyridine rings is 1. The van der Waals surface area contributed by atoms with E-state index in [9.17, 15) is 9.18 Å². The Bertz CT molecular complexity index is 1020. The number of carbonyl (C=O) groups is 1. The third-order valence-corrected chi connectivity index (χ3v) is 6.33. The van der Waals surface area contributed by atoms with Gasteiger partial charge in [0.2, 0.25) is 5.78 Å². The smallest absolute Gasteiger partial charge is 0.274 e. The Hall–Kier alpha value is -2.99. The molecule has 4 rings (SSSR count). The van der Waals surface area contributed by atoms with Gasteiger partial charge in [0.25, 0.3) is 5.82 Å². The second kappa shape index (κ2) is 9.43.